The lowest BCUT2D eigenvalue weighted by atomic mass is 10.1. The lowest BCUT2D eigenvalue weighted by Crippen LogP contribution is -2.24. The van der Waals surface area contributed by atoms with Crippen LogP contribution in [0.15, 0.2) is 18.2 Å². The molecule has 1 aliphatic rings. The molecule has 0 aliphatic carbocycles. The number of hydrogen-bond acceptors (Lipinski definition) is 3. The summed E-state index contributed by atoms with van der Waals surface area (Å²) >= 11 is 0. The van der Waals surface area contributed by atoms with Gasteiger partial charge in [-0.25, -0.2) is 0 Å². The van der Waals surface area contributed by atoms with Gasteiger partial charge in [-0.05, 0) is 49.8 Å². The van der Waals surface area contributed by atoms with Crippen molar-refractivity contribution < 1.29 is 5.11 Å². The van der Waals surface area contributed by atoms with Crippen molar-refractivity contribution in [3.05, 3.63) is 29.3 Å². The van der Waals surface area contributed by atoms with Gasteiger partial charge in [0.05, 0.1) is 0 Å². The fourth-order valence-corrected chi connectivity index (χ4v) is 3.13. The summed E-state index contributed by atoms with van der Waals surface area (Å²) in [5.74, 6) is 1.33. The highest BCUT2D eigenvalue weighted by Gasteiger charge is 2.23. The molecular formula is C18H30N2O. The molecule has 2 N–H and O–H groups in total. The van der Waals surface area contributed by atoms with Crippen molar-refractivity contribution in [3.8, 4) is 0 Å². The molecule has 0 amide bonds. The van der Waals surface area contributed by atoms with E-state index in [0.717, 1.165) is 32.6 Å². The second-order valence-electron chi connectivity index (χ2n) is 6.77. The highest BCUT2D eigenvalue weighted by Crippen LogP contribution is 2.29. The average Bonchev–Trinajstić information content (AvgIpc) is 2.87. The number of nitrogens with one attached hydrogen (secondary N) is 1. The van der Waals surface area contributed by atoms with Gasteiger partial charge < -0.3 is 15.3 Å². The summed E-state index contributed by atoms with van der Waals surface area (Å²) in [7, 11) is 0. The first-order valence-corrected chi connectivity index (χ1v) is 8.26. The van der Waals surface area contributed by atoms with E-state index in [2.05, 4.69) is 49.2 Å². The zero-order chi connectivity index (χ0) is 15.2. The van der Waals surface area contributed by atoms with Gasteiger partial charge in [-0.1, -0.05) is 31.5 Å². The van der Waals surface area contributed by atoms with Crippen LogP contribution in [0.25, 0.3) is 0 Å². The second kappa shape index (κ2) is 7.81. The smallest absolute Gasteiger partial charge is 0.0434 e. The Balaban J connectivity index is 2.04. The summed E-state index contributed by atoms with van der Waals surface area (Å²) in [6.45, 7) is 11.2. The molecule has 1 heterocycles. The molecule has 3 heteroatoms. The van der Waals surface area contributed by atoms with Crippen LogP contribution in [-0.4, -0.2) is 31.3 Å². The molecule has 118 valence electrons. The van der Waals surface area contributed by atoms with E-state index >= 15 is 0 Å². The molecule has 1 unspecified atom stereocenters. The van der Waals surface area contributed by atoms with Crippen LogP contribution in [0.2, 0.25) is 0 Å². The molecule has 0 radical (unpaired) electrons. The predicted molar refractivity (Wildman–Crippen MR) is 89.7 cm³/mol. The van der Waals surface area contributed by atoms with Crippen molar-refractivity contribution in [1.29, 1.82) is 0 Å². The number of nitrogens with zero attached hydrogens (tertiary/aromatic N) is 1. The molecule has 0 bridgehead atoms. The van der Waals surface area contributed by atoms with Crippen molar-refractivity contribution >= 4 is 5.69 Å². The minimum atomic E-state index is 0.315. The monoisotopic (exact) mass is 290 g/mol. The summed E-state index contributed by atoms with van der Waals surface area (Å²) in [4.78, 5) is 2.49. The Morgan fingerprint density at radius 3 is 2.90 bits per heavy atom. The zero-order valence-corrected chi connectivity index (χ0v) is 13.7. The Kier molecular flexibility index (Phi) is 6.07. The van der Waals surface area contributed by atoms with E-state index in [1.807, 2.05) is 0 Å². The number of aliphatic hydroxyl groups excluding tert-OH is 1. The minimum Gasteiger partial charge on any atom is -0.396 e. The summed E-state index contributed by atoms with van der Waals surface area (Å²) in [6.07, 6.45) is 2.14. The van der Waals surface area contributed by atoms with E-state index in [4.69, 9.17) is 5.11 Å². The normalized spacial score (nSPS) is 18.7. The van der Waals surface area contributed by atoms with E-state index in [1.54, 1.807) is 0 Å². The number of aliphatic hydroxyl groups is 1. The zero-order valence-electron chi connectivity index (χ0n) is 13.7. The number of aryl methyl sites for hydroxylation is 1. The van der Waals surface area contributed by atoms with E-state index in [0.29, 0.717) is 18.4 Å². The van der Waals surface area contributed by atoms with Crippen molar-refractivity contribution in [2.45, 2.75) is 40.2 Å². The molecule has 0 saturated carbocycles. The summed E-state index contributed by atoms with van der Waals surface area (Å²) < 4.78 is 0. The molecule has 1 saturated heterocycles. The molecule has 1 aromatic carbocycles. The first-order valence-electron chi connectivity index (χ1n) is 8.26. The number of hydrogen-bond donors (Lipinski definition) is 2. The van der Waals surface area contributed by atoms with Gasteiger partial charge in [-0.3, -0.25) is 0 Å². The summed E-state index contributed by atoms with van der Waals surface area (Å²) in [6, 6.07) is 6.78. The lowest BCUT2D eigenvalue weighted by Gasteiger charge is -2.23. The Morgan fingerprint density at radius 2 is 2.19 bits per heavy atom. The number of anilines is 1. The van der Waals surface area contributed by atoms with Crippen LogP contribution in [-0.2, 0) is 6.54 Å². The molecule has 1 fully saturated rings. The standard InChI is InChI=1S/C18H30N2O/c1-14(2)11-19-12-17-10-15(3)4-5-18(17)20-8-6-16(13-20)7-9-21/h4-5,10,14,16,19,21H,6-9,11-13H2,1-3H3. The SMILES string of the molecule is Cc1ccc(N2CCC(CCO)C2)c(CNCC(C)C)c1. The third-order valence-electron chi connectivity index (χ3n) is 4.27. The highest BCUT2D eigenvalue weighted by atomic mass is 16.3. The second-order valence-corrected chi connectivity index (χ2v) is 6.77. The van der Waals surface area contributed by atoms with Crippen LogP contribution >= 0.6 is 0 Å². The van der Waals surface area contributed by atoms with Gasteiger partial charge in [0.2, 0.25) is 0 Å². The molecule has 1 atom stereocenters. The Labute approximate surface area is 129 Å². The maximum absolute atomic E-state index is 9.11. The van der Waals surface area contributed by atoms with E-state index in [-0.39, 0.29) is 0 Å². The summed E-state index contributed by atoms with van der Waals surface area (Å²) in [5.41, 5.74) is 4.10. The molecule has 0 aromatic heterocycles. The van der Waals surface area contributed by atoms with Gasteiger partial charge >= 0.3 is 0 Å². The lowest BCUT2D eigenvalue weighted by molar-refractivity contribution is 0.263. The fraction of sp³-hybridized carbons (Fsp3) is 0.667. The molecule has 2 rings (SSSR count). The van der Waals surface area contributed by atoms with E-state index in [9.17, 15) is 0 Å². The maximum atomic E-state index is 9.11. The van der Waals surface area contributed by atoms with Crippen molar-refractivity contribution in [2.24, 2.45) is 11.8 Å². The van der Waals surface area contributed by atoms with Gasteiger partial charge in [-0.2, -0.15) is 0 Å². The molecule has 0 spiro atoms. The van der Waals surface area contributed by atoms with Crippen molar-refractivity contribution in [1.82, 2.24) is 5.32 Å². The van der Waals surface area contributed by atoms with Crippen LogP contribution in [0, 0.1) is 18.8 Å². The summed E-state index contributed by atoms with van der Waals surface area (Å²) in [5, 5.41) is 12.7. The Morgan fingerprint density at radius 1 is 1.38 bits per heavy atom. The topological polar surface area (TPSA) is 35.5 Å². The molecular weight excluding hydrogens is 260 g/mol. The first-order chi connectivity index (χ1) is 10.1. The molecule has 21 heavy (non-hydrogen) atoms. The fourth-order valence-electron chi connectivity index (χ4n) is 3.13. The van der Waals surface area contributed by atoms with Gasteiger partial charge in [0.1, 0.15) is 0 Å². The van der Waals surface area contributed by atoms with Gasteiger partial charge in [0, 0.05) is 31.9 Å². The maximum Gasteiger partial charge on any atom is 0.0434 e. The van der Waals surface area contributed by atoms with Gasteiger partial charge in [0.25, 0.3) is 0 Å². The average molecular weight is 290 g/mol. The Bertz CT molecular complexity index is 445. The number of rotatable bonds is 7. The molecule has 3 nitrogen and oxygen atoms in total. The quantitative estimate of drug-likeness (QED) is 0.810. The van der Waals surface area contributed by atoms with Gasteiger partial charge in [-0.15, -0.1) is 0 Å². The van der Waals surface area contributed by atoms with Crippen LogP contribution in [0.3, 0.4) is 0 Å². The van der Waals surface area contributed by atoms with E-state index in [1.165, 1.54) is 23.2 Å². The molecule has 1 aliphatic heterocycles. The highest BCUT2D eigenvalue weighted by molar-refractivity contribution is 5.55. The van der Waals surface area contributed by atoms with Crippen LogP contribution in [0.1, 0.15) is 37.8 Å². The largest absolute Gasteiger partial charge is 0.396 e. The Hall–Kier alpha value is -1.06. The van der Waals surface area contributed by atoms with Gasteiger partial charge in [0.15, 0.2) is 0 Å². The first kappa shape index (κ1) is 16.3. The van der Waals surface area contributed by atoms with Crippen LogP contribution in [0.5, 0.6) is 0 Å². The van der Waals surface area contributed by atoms with E-state index < -0.39 is 0 Å². The third-order valence-corrected chi connectivity index (χ3v) is 4.27. The molecule has 1 aromatic rings. The third kappa shape index (κ3) is 4.72. The van der Waals surface area contributed by atoms with Crippen molar-refractivity contribution in [3.63, 3.8) is 0 Å². The number of benzene rings is 1. The predicted octanol–water partition coefficient (Wildman–Crippen LogP) is 2.95. The van der Waals surface area contributed by atoms with Crippen molar-refractivity contribution in [2.75, 3.05) is 31.1 Å². The van der Waals surface area contributed by atoms with Crippen LogP contribution < -0.4 is 10.2 Å². The van der Waals surface area contributed by atoms with Crippen LogP contribution in [0.4, 0.5) is 5.69 Å². The minimum absolute atomic E-state index is 0.315.